The predicted octanol–water partition coefficient (Wildman–Crippen LogP) is 4.48. The number of carbonyl (C=O) groups is 2. The molecule has 9 heteroatoms. The second-order valence-corrected chi connectivity index (χ2v) is 8.35. The first-order valence-corrected chi connectivity index (χ1v) is 11.1. The molecule has 0 spiro atoms. The molecule has 0 radical (unpaired) electrons. The number of halogens is 2. The summed E-state index contributed by atoms with van der Waals surface area (Å²) in [5.41, 5.74) is 0.717. The van der Waals surface area contributed by atoms with Crippen molar-refractivity contribution < 1.29 is 28.5 Å². The van der Waals surface area contributed by atoms with E-state index in [-0.39, 0.29) is 11.9 Å². The summed E-state index contributed by atoms with van der Waals surface area (Å²) in [5, 5.41) is 0.750. The van der Waals surface area contributed by atoms with Crippen molar-refractivity contribution in [3.63, 3.8) is 0 Å². The van der Waals surface area contributed by atoms with E-state index in [1.54, 1.807) is 48.5 Å². The van der Waals surface area contributed by atoms with Crippen LogP contribution >= 0.6 is 35.0 Å². The molecule has 6 nitrogen and oxygen atoms in total. The topological polar surface area (TPSA) is 71.1 Å². The van der Waals surface area contributed by atoms with E-state index in [2.05, 4.69) is 0 Å². The summed E-state index contributed by atoms with van der Waals surface area (Å²) < 4.78 is 22.3. The lowest BCUT2D eigenvalue weighted by Crippen LogP contribution is -2.38. The SMILES string of the molecule is CO[C@H]1O[C@H](COC(=O)c2ccc(Cl)cc2)[C@@H](OC(=O)c2ccc(Cl)cc2)[C@@H]1SC. The third-order valence-electron chi connectivity index (χ3n) is 4.55. The van der Waals surface area contributed by atoms with Gasteiger partial charge in [-0.2, -0.15) is 11.8 Å². The maximum absolute atomic E-state index is 12.6. The van der Waals surface area contributed by atoms with Crippen LogP contribution in [0.3, 0.4) is 0 Å². The number of hydrogen-bond acceptors (Lipinski definition) is 7. The van der Waals surface area contributed by atoms with Gasteiger partial charge in [-0.05, 0) is 54.8 Å². The molecule has 0 bridgehead atoms. The molecular formula is C21H20Cl2O6S. The smallest absolute Gasteiger partial charge is 0.338 e. The quantitative estimate of drug-likeness (QED) is 0.552. The Hall–Kier alpha value is -1.77. The molecule has 0 N–H and O–H groups in total. The van der Waals surface area contributed by atoms with E-state index < -0.39 is 30.4 Å². The minimum Gasteiger partial charge on any atom is -0.459 e. The molecule has 4 atom stereocenters. The van der Waals surface area contributed by atoms with Crippen LogP contribution in [0, 0.1) is 0 Å². The van der Waals surface area contributed by atoms with Crippen LogP contribution in [0.2, 0.25) is 10.0 Å². The van der Waals surface area contributed by atoms with E-state index in [4.69, 9.17) is 42.1 Å². The molecule has 1 saturated heterocycles. The van der Waals surface area contributed by atoms with Gasteiger partial charge in [0.1, 0.15) is 18.8 Å². The number of methoxy groups -OCH3 is 1. The Balaban J connectivity index is 1.70. The maximum Gasteiger partial charge on any atom is 0.338 e. The van der Waals surface area contributed by atoms with Crippen LogP contribution in [-0.4, -0.2) is 55.7 Å². The van der Waals surface area contributed by atoms with Crippen molar-refractivity contribution in [2.45, 2.75) is 23.7 Å². The first-order valence-electron chi connectivity index (χ1n) is 9.03. The summed E-state index contributed by atoms with van der Waals surface area (Å²) in [6.07, 6.45) is -0.0982. The van der Waals surface area contributed by atoms with Crippen LogP contribution in [0.4, 0.5) is 0 Å². The first-order chi connectivity index (χ1) is 14.4. The van der Waals surface area contributed by atoms with Crippen LogP contribution in [0.5, 0.6) is 0 Å². The van der Waals surface area contributed by atoms with Crippen LogP contribution in [0.15, 0.2) is 48.5 Å². The number of esters is 2. The van der Waals surface area contributed by atoms with Crippen LogP contribution in [-0.2, 0) is 18.9 Å². The lowest BCUT2D eigenvalue weighted by molar-refractivity contribution is -0.127. The van der Waals surface area contributed by atoms with Gasteiger partial charge >= 0.3 is 11.9 Å². The molecule has 30 heavy (non-hydrogen) atoms. The zero-order valence-corrected chi connectivity index (χ0v) is 18.6. The van der Waals surface area contributed by atoms with Crippen LogP contribution < -0.4 is 0 Å². The second-order valence-electron chi connectivity index (χ2n) is 6.46. The van der Waals surface area contributed by atoms with Gasteiger partial charge in [0.2, 0.25) is 0 Å². The summed E-state index contributed by atoms with van der Waals surface area (Å²) in [6, 6.07) is 12.7. The molecule has 2 aromatic carbocycles. The number of carbonyl (C=O) groups excluding carboxylic acids is 2. The molecule has 0 amide bonds. The Labute approximate surface area is 188 Å². The first kappa shape index (κ1) is 22.9. The number of hydrogen-bond donors (Lipinski definition) is 0. The molecule has 160 valence electrons. The highest BCUT2D eigenvalue weighted by atomic mass is 35.5. The highest BCUT2D eigenvalue weighted by molar-refractivity contribution is 7.99. The molecule has 2 aromatic rings. The zero-order chi connectivity index (χ0) is 21.7. The average molecular weight is 471 g/mol. The van der Waals surface area contributed by atoms with Gasteiger partial charge < -0.3 is 18.9 Å². The van der Waals surface area contributed by atoms with E-state index in [1.165, 1.54) is 18.9 Å². The van der Waals surface area contributed by atoms with E-state index in [0.29, 0.717) is 21.2 Å². The van der Waals surface area contributed by atoms with E-state index in [1.807, 2.05) is 6.26 Å². The van der Waals surface area contributed by atoms with Crippen molar-refractivity contribution in [2.24, 2.45) is 0 Å². The molecule has 3 rings (SSSR count). The Morgan fingerprint density at radius 2 is 1.50 bits per heavy atom. The van der Waals surface area contributed by atoms with Gasteiger partial charge in [-0.3, -0.25) is 0 Å². The second kappa shape index (κ2) is 10.5. The number of thioether (sulfide) groups is 1. The lowest BCUT2D eigenvalue weighted by Gasteiger charge is -2.22. The molecule has 1 heterocycles. The Morgan fingerprint density at radius 3 is 2.00 bits per heavy atom. The van der Waals surface area contributed by atoms with E-state index >= 15 is 0 Å². The van der Waals surface area contributed by atoms with Crippen molar-refractivity contribution in [3.8, 4) is 0 Å². The monoisotopic (exact) mass is 470 g/mol. The van der Waals surface area contributed by atoms with Gasteiger partial charge in [0.25, 0.3) is 0 Å². The zero-order valence-electron chi connectivity index (χ0n) is 16.2. The van der Waals surface area contributed by atoms with Crippen molar-refractivity contribution in [1.82, 2.24) is 0 Å². The van der Waals surface area contributed by atoms with Gasteiger partial charge in [0, 0.05) is 17.2 Å². The normalized spacial score (nSPS) is 23.2. The lowest BCUT2D eigenvalue weighted by atomic mass is 10.1. The molecule has 0 aromatic heterocycles. The van der Waals surface area contributed by atoms with Crippen molar-refractivity contribution >= 4 is 46.9 Å². The Bertz CT molecular complexity index is 874. The van der Waals surface area contributed by atoms with Gasteiger partial charge in [0.15, 0.2) is 6.29 Å². The van der Waals surface area contributed by atoms with Gasteiger partial charge in [-0.1, -0.05) is 23.2 Å². The molecule has 1 aliphatic heterocycles. The molecule has 0 unspecified atom stereocenters. The van der Waals surface area contributed by atoms with Crippen molar-refractivity contribution in [2.75, 3.05) is 20.0 Å². The molecule has 0 aliphatic carbocycles. The van der Waals surface area contributed by atoms with Gasteiger partial charge in [0.05, 0.1) is 16.4 Å². The minimum atomic E-state index is -0.681. The summed E-state index contributed by atoms with van der Waals surface area (Å²) >= 11 is 13.2. The standard InChI is InChI=1S/C21H20Cl2O6S/c1-26-21-18(30-2)17(29-20(25)13-5-9-15(23)10-6-13)16(28-21)11-27-19(24)12-3-7-14(22)8-4-12/h3-10,16-18,21H,11H2,1-2H3/t16-,17-,18+,21+/m1/s1. The number of rotatable bonds is 7. The highest BCUT2D eigenvalue weighted by Gasteiger charge is 2.47. The fraction of sp³-hybridized carbons (Fsp3) is 0.333. The highest BCUT2D eigenvalue weighted by Crippen LogP contribution is 2.33. The number of benzene rings is 2. The molecule has 0 saturated carbocycles. The average Bonchev–Trinajstić information content (AvgIpc) is 3.09. The maximum atomic E-state index is 12.6. The molecular weight excluding hydrogens is 451 g/mol. The van der Waals surface area contributed by atoms with Crippen molar-refractivity contribution in [3.05, 3.63) is 69.7 Å². The summed E-state index contributed by atoms with van der Waals surface area (Å²) in [4.78, 5) is 24.9. The minimum absolute atomic E-state index is 0.100. The van der Waals surface area contributed by atoms with Gasteiger partial charge in [-0.15, -0.1) is 0 Å². The largest absolute Gasteiger partial charge is 0.459 e. The van der Waals surface area contributed by atoms with Gasteiger partial charge in [-0.25, -0.2) is 9.59 Å². The third-order valence-corrected chi connectivity index (χ3v) is 6.09. The van der Waals surface area contributed by atoms with E-state index in [0.717, 1.165) is 0 Å². The summed E-state index contributed by atoms with van der Waals surface area (Å²) in [5.74, 6) is -1.05. The fourth-order valence-electron chi connectivity index (χ4n) is 3.01. The third kappa shape index (κ3) is 5.47. The molecule has 1 aliphatic rings. The fourth-order valence-corrected chi connectivity index (χ4v) is 4.16. The Kier molecular flexibility index (Phi) is 8.02. The van der Waals surface area contributed by atoms with E-state index in [9.17, 15) is 9.59 Å². The molecule has 1 fully saturated rings. The predicted molar refractivity (Wildman–Crippen MR) is 115 cm³/mol. The Morgan fingerprint density at radius 1 is 0.967 bits per heavy atom. The van der Waals surface area contributed by atoms with Crippen LogP contribution in [0.1, 0.15) is 20.7 Å². The summed E-state index contributed by atoms with van der Waals surface area (Å²) in [6.45, 7) is -0.100. The number of ether oxygens (including phenoxy) is 4. The summed E-state index contributed by atoms with van der Waals surface area (Å²) in [7, 11) is 1.51. The van der Waals surface area contributed by atoms with Crippen LogP contribution in [0.25, 0.3) is 0 Å². The van der Waals surface area contributed by atoms with Crippen molar-refractivity contribution in [1.29, 1.82) is 0 Å².